The van der Waals surface area contributed by atoms with E-state index in [2.05, 4.69) is 15.7 Å². The zero-order valence-corrected chi connectivity index (χ0v) is 17.4. The van der Waals surface area contributed by atoms with Gasteiger partial charge in [0.2, 0.25) is 5.91 Å². The lowest BCUT2D eigenvalue weighted by Crippen LogP contribution is -2.32. The number of para-hydroxylation sites is 1. The summed E-state index contributed by atoms with van der Waals surface area (Å²) in [6, 6.07) is 18.8. The first kappa shape index (κ1) is 21.8. The molecular weight excluding hydrogens is 396 g/mol. The Hall–Kier alpha value is -3.94. The third-order valence-corrected chi connectivity index (χ3v) is 4.47. The number of benzene rings is 2. The lowest BCUT2D eigenvalue weighted by atomic mass is 10.1. The van der Waals surface area contributed by atoms with Crippen LogP contribution in [0.3, 0.4) is 0 Å². The van der Waals surface area contributed by atoms with Crippen molar-refractivity contribution in [2.24, 2.45) is 0 Å². The molecule has 0 radical (unpaired) electrons. The number of amides is 2. The molecule has 160 valence electrons. The number of carbonyl (C=O) groups excluding carboxylic acids is 2. The predicted molar refractivity (Wildman–Crippen MR) is 117 cm³/mol. The SMILES string of the molecule is CC(=O)Nc1cccc(C(C)NC(=O)c2ccc(=O)n(CCOc3ccccc3)n2)c1. The van der Waals surface area contributed by atoms with Gasteiger partial charge in [0.25, 0.3) is 11.5 Å². The molecule has 1 unspecified atom stereocenters. The average Bonchev–Trinajstić information content (AvgIpc) is 2.75. The lowest BCUT2D eigenvalue weighted by Gasteiger charge is -2.15. The van der Waals surface area contributed by atoms with E-state index >= 15 is 0 Å². The molecule has 3 aromatic rings. The molecule has 2 aromatic carbocycles. The normalized spacial score (nSPS) is 11.4. The van der Waals surface area contributed by atoms with E-state index in [9.17, 15) is 14.4 Å². The van der Waals surface area contributed by atoms with Crippen LogP contribution < -0.4 is 20.9 Å². The molecule has 0 aliphatic carbocycles. The van der Waals surface area contributed by atoms with Gasteiger partial charge in [0.15, 0.2) is 0 Å². The Labute approximate surface area is 179 Å². The summed E-state index contributed by atoms with van der Waals surface area (Å²) in [5, 5.41) is 9.74. The fraction of sp³-hybridized carbons (Fsp3) is 0.217. The van der Waals surface area contributed by atoms with E-state index in [0.717, 1.165) is 5.56 Å². The molecular formula is C23H24N4O4. The van der Waals surface area contributed by atoms with Crippen LogP contribution in [0.5, 0.6) is 5.75 Å². The van der Waals surface area contributed by atoms with Gasteiger partial charge in [-0.1, -0.05) is 30.3 Å². The Morgan fingerprint density at radius 3 is 2.58 bits per heavy atom. The third kappa shape index (κ3) is 6.27. The van der Waals surface area contributed by atoms with Crippen molar-refractivity contribution in [1.29, 1.82) is 0 Å². The minimum Gasteiger partial charge on any atom is -0.492 e. The monoisotopic (exact) mass is 420 g/mol. The minimum atomic E-state index is -0.407. The van der Waals surface area contributed by atoms with E-state index in [0.29, 0.717) is 11.4 Å². The molecule has 3 rings (SSSR count). The van der Waals surface area contributed by atoms with Crippen LogP contribution in [0, 0.1) is 0 Å². The van der Waals surface area contributed by atoms with Crippen molar-refractivity contribution < 1.29 is 14.3 Å². The first-order valence-electron chi connectivity index (χ1n) is 9.87. The zero-order chi connectivity index (χ0) is 22.2. The number of aromatic nitrogens is 2. The number of hydrogen-bond donors (Lipinski definition) is 2. The Morgan fingerprint density at radius 2 is 1.84 bits per heavy atom. The maximum absolute atomic E-state index is 12.7. The van der Waals surface area contributed by atoms with Crippen LogP contribution >= 0.6 is 0 Å². The van der Waals surface area contributed by atoms with Crippen LogP contribution in [0.2, 0.25) is 0 Å². The molecule has 0 saturated carbocycles. The Kier molecular flexibility index (Phi) is 7.16. The van der Waals surface area contributed by atoms with Crippen molar-refractivity contribution >= 4 is 17.5 Å². The lowest BCUT2D eigenvalue weighted by molar-refractivity contribution is -0.114. The van der Waals surface area contributed by atoms with Crippen molar-refractivity contribution in [3.63, 3.8) is 0 Å². The van der Waals surface area contributed by atoms with Crippen LogP contribution in [0.4, 0.5) is 5.69 Å². The maximum Gasteiger partial charge on any atom is 0.272 e. The number of nitrogens with one attached hydrogen (secondary N) is 2. The second-order valence-corrected chi connectivity index (χ2v) is 6.94. The highest BCUT2D eigenvalue weighted by Gasteiger charge is 2.14. The topological polar surface area (TPSA) is 102 Å². The summed E-state index contributed by atoms with van der Waals surface area (Å²) in [6.45, 7) is 3.72. The summed E-state index contributed by atoms with van der Waals surface area (Å²) in [7, 11) is 0. The minimum absolute atomic E-state index is 0.129. The van der Waals surface area contributed by atoms with Crippen LogP contribution in [0.1, 0.15) is 35.9 Å². The largest absolute Gasteiger partial charge is 0.492 e. The number of carbonyl (C=O) groups is 2. The number of hydrogen-bond acceptors (Lipinski definition) is 5. The fourth-order valence-corrected chi connectivity index (χ4v) is 2.94. The van der Waals surface area contributed by atoms with Crippen LogP contribution in [0.15, 0.2) is 71.5 Å². The van der Waals surface area contributed by atoms with E-state index in [1.807, 2.05) is 43.3 Å². The van der Waals surface area contributed by atoms with E-state index < -0.39 is 5.91 Å². The average molecular weight is 420 g/mol. The first-order valence-corrected chi connectivity index (χ1v) is 9.87. The van der Waals surface area contributed by atoms with Crippen molar-refractivity contribution in [3.8, 4) is 5.75 Å². The standard InChI is InChI=1S/C23H24N4O4/c1-16(18-7-6-8-19(15-18)25-17(2)28)24-23(30)21-11-12-22(29)27(26-21)13-14-31-20-9-4-3-5-10-20/h3-12,15-16H,13-14H2,1-2H3,(H,24,30)(H,25,28). The molecule has 0 saturated heterocycles. The molecule has 0 aliphatic rings. The summed E-state index contributed by atoms with van der Waals surface area (Å²) in [4.78, 5) is 36.0. The van der Waals surface area contributed by atoms with Gasteiger partial charge in [-0.3, -0.25) is 14.4 Å². The smallest absolute Gasteiger partial charge is 0.272 e. The summed E-state index contributed by atoms with van der Waals surface area (Å²) in [6.07, 6.45) is 0. The molecule has 1 aromatic heterocycles. The summed E-state index contributed by atoms with van der Waals surface area (Å²) >= 11 is 0. The molecule has 1 atom stereocenters. The van der Waals surface area contributed by atoms with Gasteiger partial charge >= 0.3 is 0 Å². The van der Waals surface area contributed by atoms with Gasteiger partial charge in [0.05, 0.1) is 12.6 Å². The maximum atomic E-state index is 12.7. The number of ether oxygens (including phenoxy) is 1. The van der Waals surface area contributed by atoms with Crippen molar-refractivity contribution in [3.05, 3.63) is 88.3 Å². The summed E-state index contributed by atoms with van der Waals surface area (Å²) in [5.74, 6) is 0.117. The van der Waals surface area contributed by atoms with E-state index in [1.165, 1.54) is 23.7 Å². The number of nitrogens with zero attached hydrogens (tertiary/aromatic N) is 2. The second kappa shape index (κ2) is 10.2. The highest BCUT2D eigenvalue weighted by molar-refractivity contribution is 5.92. The molecule has 8 heteroatoms. The van der Waals surface area contributed by atoms with Gasteiger partial charge in [0, 0.05) is 18.7 Å². The van der Waals surface area contributed by atoms with Crippen LogP contribution in [0.25, 0.3) is 0 Å². The highest BCUT2D eigenvalue weighted by atomic mass is 16.5. The van der Waals surface area contributed by atoms with Crippen LogP contribution in [-0.4, -0.2) is 28.2 Å². The number of anilines is 1. The van der Waals surface area contributed by atoms with Crippen molar-refractivity contribution in [2.75, 3.05) is 11.9 Å². The van der Waals surface area contributed by atoms with E-state index in [1.54, 1.807) is 18.2 Å². The molecule has 0 bridgehead atoms. The summed E-state index contributed by atoms with van der Waals surface area (Å²) in [5.41, 5.74) is 1.29. The van der Waals surface area contributed by atoms with Gasteiger partial charge in [-0.15, -0.1) is 0 Å². The van der Waals surface area contributed by atoms with Gasteiger partial charge in [-0.2, -0.15) is 5.10 Å². The third-order valence-electron chi connectivity index (χ3n) is 4.47. The molecule has 2 amide bonds. The van der Waals surface area contributed by atoms with E-state index in [4.69, 9.17) is 4.74 Å². The highest BCUT2D eigenvalue weighted by Crippen LogP contribution is 2.17. The first-order chi connectivity index (χ1) is 14.9. The van der Waals surface area contributed by atoms with Gasteiger partial charge in [-0.05, 0) is 42.8 Å². The predicted octanol–water partition coefficient (Wildman–Crippen LogP) is 2.77. The van der Waals surface area contributed by atoms with E-state index in [-0.39, 0.29) is 36.4 Å². The molecule has 0 spiro atoms. The Morgan fingerprint density at radius 1 is 1.06 bits per heavy atom. The molecule has 8 nitrogen and oxygen atoms in total. The molecule has 1 heterocycles. The Balaban J connectivity index is 1.64. The van der Waals surface area contributed by atoms with Crippen molar-refractivity contribution in [1.82, 2.24) is 15.1 Å². The molecule has 2 N–H and O–H groups in total. The van der Waals surface area contributed by atoms with Gasteiger partial charge < -0.3 is 15.4 Å². The van der Waals surface area contributed by atoms with Gasteiger partial charge in [0.1, 0.15) is 18.1 Å². The zero-order valence-electron chi connectivity index (χ0n) is 17.4. The Bertz CT molecular complexity index is 1110. The molecule has 0 fully saturated rings. The number of rotatable bonds is 8. The van der Waals surface area contributed by atoms with Gasteiger partial charge in [-0.25, -0.2) is 4.68 Å². The van der Waals surface area contributed by atoms with Crippen LogP contribution in [-0.2, 0) is 11.3 Å². The van der Waals surface area contributed by atoms with Crippen molar-refractivity contribution in [2.45, 2.75) is 26.4 Å². The fourth-order valence-electron chi connectivity index (χ4n) is 2.94. The molecule has 31 heavy (non-hydrogen) atoms. The summed E-state index contributed by atoms with van der Waals surface area (Å²) < 4.78 is 6.80. The molecule has 0 aliphatic heterocycles. The second-order valence-electron chi connectivity index (χ2n) is 6.94. The quantitative estimate of drug-likeness (QED) is 0.583.